The van der Waals surface area contributed by atoms with Crippen molar-refractivity contribution < 1.29 is 19.2 Å². The number of amides is 3. The van der Waals surface area contributed by atoms with Gasteiger partial charge in [0.25, 0.3) is 0 Å². The number of aldehydes is 1. The minimum atomic E-state index is -1.26. The quantitative estimate of drug-likeness (QED) is 0.0408. The van der Waals surface area contributed by atoms with Crippen molar-refractivity contribution in [2.75, 3.05) is 31.1 Å². The molecule has 0 aromatic rings. The Morgan fingerprint density at radius 3 is 1.72 bits per heavy atom. The van der Waals surface area contributed by atoms with Crippen LogP contribution in [0.3, 0.4) is 0 Å². The van der Waals surface area contributed by atoms with E-state index in [-0.39, 0.29) is 35.9 Å². The van der Waals surface area contributed by atoms with Crippen molar-refractivity contribution in [2.24, 2.45) is 22.9 Å². The summed E-state index contributed by atoms with van der Waals surface area (Å²) in [6.07, 6.45) is 13.9. The maximum absolute atomic E-state index is 13.3. The van der Waals surface area contributed by atoms with Gasteiger partial charge in [-0.05, 0) is 64.5 Å². The van der Waals surface area contributed by atoms with E-state index in [0.717, 1.165) is 77.0 Å². The summed E-state index contributed by atoms with van der Waals surface area (Å²) in [5.41, 5.74) is 21.7. The molecule has 2 rings (SSSR count). The van der Waals surface area contributed by atoms with E-state index in [0.29, 0.717) is 38.3 Å². The molecule has 2 fully saturated rings. The first-order valence-electron chi connectivity index (χ1n) is 16.0. The SMILES string of the molecule is NCCCC[C@H](NC1CCCC1)C(=O)N[C@@H](CSSC[C@](C=O)(CN)NC(=O)[C@H](CCCCN)NC1CCCC1)C(N)=O. The number of nitrogens with two attached hydrogens (primary N) is 4. The second-order valence-electron chi connectivity index (χ2n) is 11.9. The lowest BCUT2D eigenvalue weighted by Crippen LogP contribution is -2.61. The second-order valence-corrected chi connectivity index (χ2v) is 14.5. The van der Waals surface area contributed by atoms with Crippen LogP contribution in [0.25, 0.3) is 0 Å². The molecule has 0 aromatic carbocycles. The Morgan fingerprint density at radius 2 is 1.28 bits per heavy atom. The smallest absolute Gasteiger partial charge is 0.240 e. The number of hydrogen-bond donors (Lipinski definition) is 8. The van der Waals surface area contributed by atoms with Crippen LogP contribution in [-0.4, -0.2) is 90.9 Å². The van der Waals surface area contributed by atoms with Crippen LogP contribution in [0.4, 0.5) is 0 Å². The highest BCUT2D eigenvalue weighted by molar-refractivity contribution is 8.76. The van der Waals surface area contributed by atoms with Gasteiger partial charge in [0.15, 0.2) is 0 Å². The molecule has 43 heavy (non-hydrogen) atoms. The Balaban J connectivity index is 1.92. The Labute approximate surface area is 265 Å². The lowest BCUT2D eigenvalue weighted by atomic mass is 10.0. The highest BCUT2D eigenvalue weighted by Gasteiger charge is 2.34. The third kappa shape index (κ3) is 14.0. The molecule has 0 saturated heterocycles. The monoisotopic (exact) mass is 644 g/mol. The number of rotatable bonds is 24. The van der Waals surface area contributed by atoms with E-state index >= 15 is 0 Å². The molecule has 2 aliphatic carbocycles. The molecule has 12 N–H and O–H groups in total. The largest absolute Gasteiger partial charge is 0.368 e. The van der Waals surface area contributed by atoms with Crippen LogP contribution in [0.1, 0.15) is 89.9 Å². The Kier molecular flexibility index (Phi) is 18.7. The van der Waals surface area contributed by atoms with Gasteiger partial charge < -0.3 is 49.0 Å². The van der Waals surface area contributed by atoms with Crippen molar-refractivity contribution in [1.82, 2.24) is 21.3 Å². The molecular weight excluding hydrogens is 589 g/mol. The van der Waals surface area contributed by atoms with E-state index in [2.05, 4.69) is 21.3 Å². The minimum absolute atomic E-state index is 0.0674. The molecule has 0 aromatic heterocycles. The lowest BCUT2D eigenvalue weighted by molar-refractivity contribution is -0.128. The van der Waals surface area contributed by atoms with Gasteiger partial charge in [-0.15, -0.1) is 0 Å². The van der Waals surface area contributed by atoms with Crippen LogP contribution in [0.15, 0.2) is 0 Å². The number of carbonyl (C=O) groups excluding carboxylic acids is 4. The Bertz CT molecular complexity index is 845. The molecule has 3 amide bonds. The zero-order valence-corrected chi connectivity index (χ0v) is 27.3. The lowest BCUT2D eigenvalue weighted by Gasteiger charge is -2.31. The standard InChI is InChI=1S/C29H56N8O4S2/c30-15-7-5-13-23(34-21-9-1-2-10-21)27(40)36-25(26(33)39)17-42-43-20-29(18-32,19-38)37-28(41)24(14-6-8-16-31)35-22-11-3-4-12-22/h19,21-25,34-35H,1-18,20,30-32H2,(H2,33,39)(H,36,40)(H,37,41)/t23-,24-,25-,29+/m0/s1. The van der Waals surface area contributed by atoms with E-state index in [1.165, 1.54) is 21.6 Å². The number of nitrogens with one attached hydrogen (secondary N) is 4. The highest BCUT2D eigenvalue weighted by atomic mass is 33.1. The average molecular weight is 645 g/mol. The van der Waals surface area contributed by atoms with Crippen molar-refractivity contribution in [2.45, 2.75) is 126 Å². The Hall–Kier alpha value is -1.42. The van der Waals surface area contributed by atoms with E-state index < -0.39 is 29.6 Å². The summed E-state index contributed by atoms with van der Waals surface area (Å²) in [6.45, 7) is 1.06. The third-order valence-electron chi connectivity index (χ3n) is 8.37. The van der Waals surface area contributed by atoms with E-state index in [1.807, 2.05) is 0 Å². The third-order valence-corrected chi connectivity index (χ3v) is 10.9. The summed E-state index contributed by atoms with van der Waals surface area (Å²) in [4.78, 5) is 51.0. The molecule has 12 nitrogen and oxygen atoms in total. The zero-order chi connectivity index (χ0) is 31.5. The summed E-state index contributed by atoms with van der Waals surface area (Å²) in [7, 11) is 2.61. The van der Waals surface area contributed by atoms with Gasteiger partial charge in [-0.25, -0.2) is 0 Å². The molecular formula is C29H56N8O4S2. The molecule has 14 heteroatoms. The molecule has 0 spiro atoms. The van der Waals surface area contributed by atoms with Crippen LogP contribution in [0.5, 0.6) is 0 Å². The Morgan fingerprint density at radius 1 is 0.767 bits per heavy atom. The normalized spacial score (nSPS) is 19.4. The second kappa shape index (κ2) is 21.3. The van der Waals surface area contributed by atoms with Crippen molar-refractivity contribution in [3.8, 4) is 0 Å². The summed E-state index contributed by atoms with van der Waals surface area (Å²) in [6, 6.07) is -1.14. The predicted octanol–water partition coefficient (Wildman–Crippen LogP) is 0.410. The van der Waals surface area contributed by atoms with Crippen molar-refractivity contribution in [3.05, 3.63) is 0 Å². The van der Waals surface area contributed by atoms with Crippen LogP contribution in [0.2, 0.25) is 0 Å². The summed E-state index contributed by atoms with van der Waals surface area (Å²) >= 11 is 0. The molecule has 0 bridgehead atoms. The van der Waals surface area contributed by atoms with Gasteiger partial charge in [-0.1, -0.05) is 60.1 Å². The van der Waals surface area contributed by atoms with Crippen molar-refractivity contribution >= 4 is 45.6 Å². The molecule has 0 radical (unpaired) electrons. The number of unbranched alkanes of at least 4 members (excludes halogenated alkanes) is 2. The highest BCUT2D eigenvalue weighted by Crippen LogP contribution is 2.26. The van der Waals surface area contributed by atoms with E-state index in [9.17, 15) is 19.2 Å². The van der Waals surface area contributed by atoms with Crippen LogP contribution >= 0.6 is 21.6 Å². The fourth-order valence-electron chi connectivity index (χ4n) is 5.64. The van der Waals surface area contributed by atoms with Gasteiger partial charge in [-0.3, -0.25) is 14.4 Å². The molecule has 0 unspecified atom stereocenters. The fraction of sp³-hybridized carbons (Fsp3) is 0.862. The van der Waals surface area contributed by atoms with Crippen molar-refractivity contribution in [1.29, 1.82) is 0 Å². The van der Waals surface area contributed by atoms with Crippen LogP contribution in [-0.2, 0) is 19.2 Å². The van der Waals surface area contributed by atoms with Gasteiger partial charge in [-0.2, -0.15) is 0 Å². The van der Waals surface area contributed by atoms with Gasteiger partial charge in [0, 0.05) is 30.1 Å². The molecule has 248 valence electrons. The average Bonchev–Trinajstić information content (AvgIpc) is 3.71. The molecule has 4 atom stereocenters. The predicted molar refractivity (Wildman–Crippen MR) is 176 cm³/mol. The van der Waals surface area contributed by atoms with Gasteiger partial charge in [0.05, 0.1) is 12.1 Å². The fourth-order valence-corrected chi connectivity index (χ4v) is 8.25. The number of primary amides is 1. The van der Waals surface area contributed by atoms with E-state index in [1.54, 1.807) is 0 Å². The number of carbonyl (C=O) groups is 4. The molecule has 2 aliphatic rings. The molecule has 2 saturated carbocycles. The van der Waals surface area contributed by atoms with Crippen LogP contribution < -0.4 is 44.2 Å². The first-order valence-corrected chi connectivity index (χ1v) is 18.5. The summed E-state index contributed by atoms with van der Waals surface area (Å²) < 4.78 is 0. The first kappa shape index (κ1) is 37.8. The van der Waals surface area contributed by atoms with Gasteiger partial charge in [0.1, 0.15) is 17.9 Å². The van der Waals surface area contributed by atoms with Crippen LogP contribution in [0, 0.1) is 0 Å². The van der Waals surface area contributed by atoms with Crippen molar-refractivity contribution in [3.63, 3.8) is 0 Å². The maximum Gasteiger partial charge on any atom is 0.240 e. The minimum Gasteiger partial charge on any atom is -0.368 e. The maximum atomic E-state index is 13.3. The first-order chi connectivity index (χ1) is 20.8. The summed E-state index contributed by atoms with van der Waals surface area (Å²) in [5.74, 6) is -0.708. The summed E-state index contributed by atoms with van der Waals surface area (Å²) in [5, 5.41) is 12.7. The van der Waals surface area contributed by atoms with E-state index in [4.69, 9.17) is 22.9 Å². The number of hydrogen-bond acceptors (Lipinski definition) is 11. The molecule has 0 aliphatic heterocycles. The van der Waals surface area contributed by atoms with Gasteiger partial charge >= 0.3 is 0 Å². The molecule has 0 heterocycles. The topological polar surface area (TPSA) is 220 Å². The van der Waals surface area contributed by atoms with Gasteiger partial charge in [0.2, 0.25) is 17.7 Å². The zero-order valence-electron chi connectivity index (χ0n) is 25.7.